The molecular formula is C10H10F3NS. The van der Waals surface area contributed by atoms with Crippen molar-refractivity contribution in [3.8, 4) is 0 Å². The summed E-state index contributed by atoms with van der Waals surface area (Å²) < 4.78 is 36.5. The van der Waals surface area contributed by atoms with Crippen LogP contribution in [0, 0.1) is 0 Å². The summed E-state index contributed by atoms with van der Waals surface area (Å²) in [6.07, 6.45) is 0.783. The molecular weight excluding hydrogens is 223 g/mol. The number of hydrogen-bond donors (Lipinski definition) is 1. The molecule has 1 heterocycles. The number of thiol groups is 1. The van der Waals surface area contributed by atoms with Crippen molar-refractivity contribution in [2.24, 2.45) is 0 Å². The molecule has 0 radical (unpaired) electrons. The highest BCUT2D eigenvalue weighted by Gasteiger charge is 2.30. The van der Waals surface area contributed by atoms with E-state index in [0.717, 1.165) is 18.7 Å². The third kappa shape index (κ3) is 3.95. The van der Waals surface area contributed by atoms with Crippen LogP contribution in [0.25, 0.3) is 6.08 Å². The van der Waals surface area contributed by atoms with Gasteiger partial charge in [0.1, 0.15) is 0 Å². The van der Waals surface area contributed by atoms with Gasteiger partial charge in [-0.3, -0.25) is 4.98 Å². The van der Waals surface area contributed by atoms with Crippen molar-refractivity contribution in [2.45, 2.75) is 12.6 Å². The van der Waals surface area contributed by atoms with E-state index >= 15 is 0 Å². The van der Waals surface area contributed by atoms with Gasteiger partial charge >= 0.3 is 6.18 Å². The summed E-state index contributed by atoms with van der Waals surface area (Å²) in [4.78, 5) is 3.69. The van der Waals surface area contributed by atoms with E-state index in [-0.39, 0.29) is 0 Å². The van der Waals surface area contributed by atoms with Gasteiger partial charge in [0.05, 0.1) is 11.3 Å². The van der Waals surface area contributed by atoms with Crippen molar-refractivity contribution < 1.29 is 13.2 Å². The van der Waals surface area contributed by atoms with Crippen molar-refractivity contribution in [2.75, 3.05) is 5.75 Å². The van der Waals surface area contributed by atoms with Gasteiger partial charge < -0.3 is 0 Å². The van der Waals surface area contributed by atoms with Gasteiger partial charge in [-0.05, 0) is 30.4 Å². The lowest BCUT2D eigenvalue weighted by Crippen LogP contribution is -2.05. The van der Waals surface area contributed by atoms with E-state index in [2.05, 4.69) is 17.6 Å². The molecule has 82 valence electrons. The Labute approximate surface area is 91.4 Å². The smallest absolute Gasteiger partial charge is 0.256 e. The van der Waals surface area contributed by atoms with Crippen molar-refractivity contribution in [1.82, 2.24) is 4.98 Å². The molecule has 0 aliphatic rings. The van der Waals surface area contributed by atoms with Crippen LogP contribution >= 0.6 is 12.6 Å². The molecule has 0 N–H and O–H groups in total. The van der Waals surface area contributed by atoms with Crippen LogP contribution in [0.15, 0.2) is 24.4 Å². The summed E-state index contributed by atoms with van der Waals surface area (Å²) in [7, 11) is 0. The molecule has 0 spiro atoms. The summed E-state index contributed by atoms with van der Waals surface area (Å²) in [5, 5.41) is 0. The third-order valence-electron chi connectivity index (χ3n) is 1.70. The highest BCUT2D eigenvalue weighted by Crippen LogP contribution is 2.28. The van der Waals surface area contributed by atoms with Crippen LogP contribution in [0.4, 0.5) is 13.2 Å². The summed E-state index contributed by atoms with van der Waals surface area (Å²) in [6.45, 7) is 0. The van der Waals surface area contributed by atoms with Crippen molar-refractivity contribution in [3.05, 3.63) is 35.7 Å². The van der Waals surface area contributed by atoms with Crippen LogP contribution < -0.4 is 0 Å². The highest BCUT2D eigenvalue weighted by molar-refractivity contribution is 7.80. The maximum Gasteiger partial charge on any atom is 0.417 e. The Morgan fingerprint density at radius 1 is 1.33 bits per heavy atom. The first-order valence-electron chi connectivity index (χ1n) is 4.34. The third-order valence-corrected chi connectivity index (χ3v) is 1.96. The first-order chi connectivity index (χ1) is 7.04. The molecule has 0 amide bonds. The zero-order valence-corrected chi connectivity index (χ0v) is 8.72. The predicted molar refractivity (Wildman–Crippen MR) is 56.7 cm³/mol. The SMILES string of the molecule is FC(F)(F)c1ccc(C=CCCS)nc1. The zero-order valence-electron chi connectivity index (χ0n) is 7.83. The molecule has 0 aliphatic heterocycles. The molecule has 1 rings (SSSR count). The van der Waals surface area contributed by atoms with Gasteiger partial charge in [-0.15, -0.1) is 0 Å². The predicted octanol–water partition coefficient (Wildman–Crippen LogP) is 3.43. The Morgan fingerprint density at radius 2 is 2.07 bits per heavy atom. The van der Waals surface area contributed by atoms with E-state index in [9.17, 15) is 13.2 Å². The van der Waals surface area contributed by atoms with Gasteiger partial charge in [0.2, 0.25) is 0 Å². The lowest BCUT2D eigenvalue weighted by Gasteiger charge is -2.05. The van der Waals surface area contributed by atoms with Crippen molar-refractivity contribution in [3.63, 3.8) is 0 Å². The second-order valence-electron chi connectivity index (χ2n) is 2.88. The van der Waals surface area contributed by atoms with Crippen molar-refractivity contribution >= 4 is 18.7 Å². The molecule has 1 nitrogen and oxygen atoms in total. The summed E-state index contributed by atoms with van der Waals surface area (Å²) in [5.74, 6) is 0.705. The van der Waals surface area contributed by atoms with Crippen LogP contribution in [0.2, 0.25) is 0 Å². The molecule has 0 aliphatic carbocycles. The van der Waals surface area contributed by atoms with Crippen LogP contribution in [-0.2, 0) is 6.18 Å². The van der Waals surface area contributed by atoms with Crippen LogP contribution in [-0.4, -0.2) is 10.7 Å². The Balaban J connectivity index is 2.73. The fraction of sp³-hybridized carbons (Fsp3) is 0.300. The Hall–Kier alpha value is -0.970. The quantitative estimate of drug-likeness (QED) is 0.789. The monoisotopic (exact) mass is 233 g/mol. The number of hydrogen-bond acceptors (Lipinski definition) is 2. The molecule has 5 heteroatoms. The molecule has 0 bridgehead atoms. The standard InChI is InChI=1S/C10H10F3NS/c11-10(12,13)8-4-5-9(14-7-8)3-1-2-6-15/h1,3-5,7,15H,2,6H2. The van der Waals surface area contributed by atoms with E-state index in [1.807, 2.05) is 6.08 Å². The maximum atomic E-state index is 12.2. The highest BCUT2D eigenvalue weighted by atomic mass is 32.1. The largest absolute Gasteiger partial charge is 0.417 e. The average molecular weight is 233 g/mol. The molecule has 1 aromatic heterocycles. The lowest BCUT2D eigenvalue weighted by molar-refractivity contribution is -0.137. The van der Waals surface area contributed by atoms with Crippen molar-refractivity contribution in [1.29, 1.82) is 0 Å². The average Bonchev–Trinajstić information content (AvgIpc) is 2.18. The fourth-order valence-corrected chi connectivity index (χ4v) is 1.10. The van der Waals surface area contributed by atoms with Gasteiger partial charge in [-0.25, -0.2) is 0 Å². The van der Waals surface area contributed by atoms with E-state index < -0.39 is 11.7 Å². The maximum absolute atomic E-state index is 12.2. The first kappa shape index (κ1) is 12.1. The Morgan fingerprint density at radius 3 is 2.53 bits per heavy atom. The molecule has 1 aromatic rings. The van der Waals surface area contributed by atoms with E-state index in [1.165, 1.54) is 6.07 Å². The van der Waals surface area contributed by atoms with Crippen LogP contribution in [0.1, 0.15) is 17.7 Å². The Bertz CT molecular complexity index is 330. The topological polar surface area (TPSA) is 12.9 Å². The van der Waals surface area contributed by atoms with Gasteiger partial charge in [0.15, 0.2) is 0 Å². The number of aromatic nitrogens is 1. The minimum atomic E-state index is -4.32. The number of alkyl halides is 3. The van der Waals surface area contributed by atoms with Gasteiger partial charge in [0, 0.05) is 6.20 Å². The van der Waals surface area contributed by atoms with Gasteiger partial charge in [0.25, 0.3) is 0 Å². The van der Waals surface area contributed by atoms with Gasteiger partial charge in [-0.2, -0.15) is 25.8 Å². The molecule has 0 saturated carbocycles. The minimum absolute atomic E-state index is 0.518. The van der Waals surface area contributed by atoms with Crippen LogP contribution in [0.3, 0.4) is 0 Å². The molecule has 0 saturated heterocycles. The van der Waals surface area contributed by atoms with Crippen LogP contribution in [0.5, 0.6) is 0 Å². The normalized spacial score (nSPS) is 12.3. The number of halogens is 3. The lowest BCUT2D eigenvalue weighted by atomic mass is 10.2. The second-order valence-corrected chi connectivity index (χ2v) is 3.33. The van der Waals surface area contributed by atoms with E-state index in [0.29, 0.717) is 11.4 Å². The molecule has 15 heavy (non-hydrogen) atoms. The molecule has 0 unspecified atom stereocenters. The number of rotatable bonds is 3. The summed E-state index contributed by atoms with van der Waals surface area (Å²) in [5.41, 5.74) is -0.210. The zero-order chi connectivity index (χ0) is 11.3. The van der Waals surface area contributed by atoms with Gasteiger partial charge in [-0.1, -0.05) is 6.08 Å². The summed E-state index contributed by atoms with van der Waals surface area (Å²) in [6, 6.07) is 2.37. The fourth-order valence-electron chi connectivity index (χ4n) is 0.950. The molecule has 0 aromatic carbocycles. The molecule has 0 fully saturated rings. The minimum Gasteiger partial charge on any atom is -0.256 e. The first-order valence-corrected chi connectivity index (χ1v) is 4.98. The number of nitrogens with zero attached hydrogens (tertiary/aromatic N) is 1. The second kappa shape index (κ2) is 5.21. The summed E-state index contributed by atoms with van der Waals surface area (Å²) >= 11 is 4.00. The van der Waals surface area contributed by atoms with E-state index in [4.69, 9.17) is 0 Å². The molecule has 0 atom stereocenters. The number of pyridine rings is 1. The Kier molecular flexibility index (Phi) is 4.20. The van der Waals surface area contributed by atoms with E-state index in [1.54, 1.807) is 6.08 Å². The number of allylic oxidation sites excluding steroid dienone is 1.